The van der Waals surface area contributed by atoms with Crippen molar-refractivity contribution < 1.29 is 14.6 Å². The van der Waals surface area contributed by atoms with Crippen molar-refractivity contribution in [3.63, 3.8) is 0 Å². The van der Waals surface area contributed by atoms with E-state index in [4.69, 9.17) is 16.2 Å². The molecule has 1 fully saturated rings. The smallest absolute Gasteiger partial charge is 0.341 e. The Bertz CT molecular complexity index is 601. The van der Waals surface area contributed by atoms with E-state index in [9.17, 15) is 9.90 Å². The summed E-state index contributed by atoms with van der Waals surface area (Å²) in [5.41, 5.74) is 12.6. The van der Waals surface area contributed by atoms with Gasteiger partial charge < -0.3 is 21.3 Å². The van der Waals surface area contributed by atoms with Gasteiger partial charge in [0.15, 0.2) is 5.76 Å². The summed E-state index contributed by atoms with van der Waals surface area (Å²) in [7, 11) is 0. The molecule has 0 unspecified atom stereocenters. The summed E-state index contributed by atoms with van der Waals surface area (Å²) in [6.45, 7) is 1.78. The molecule has 0 aliphatic heterocycles. The van der Waals surface area contributed by atoms with Gasteiger partial charge in [-0.05, 0) is 42.9 Å². The lowest BCUT2D eigenvalue weighted by Gasteiger charge is -2.13. The lowest BCUT2D eigenvalue weighted by atomic mass is 10.1. The second-order valence-electron chi connectivity index (χ2n) is 5.04. The van der Waals surface area contributed by atoms with E-state index in [-0.39, 0.29) is 17.0 Å². The van der Waals surface area contributed by atoms with Crippen LogP contribution in [0.5, 0.6) is 5.75 Å². The van der Waals surface area contributed by atoms with Gasteiger partial charge in [-0.15, -0.1) is 0 Å². The number of carbonyl (C=O) groups is 1. The van der Waals surface area contributed by atoms with Crippen molar-refractivity contribution in [2.24, 2.45) is 11.5 Å². The van der Waals surface area contributed by atoms with Gasteiger partial charge in [-0.2, -0.15) is 0 Å². The second kappa shape index (κ2) is 6.35. The van der Waals surface area contributed by atoms with Crippen LogP contribution in [0.1, 0.15) is 37.7 Å². The molecule has 5 N–H and O–H groups in total. The molecule has 2 rings (SSSR count). The zero-order valence-electron chi connectivity index (χ0n) is 12.0. The van der Waals surface area contributed by atoms with Crippen LogP contribution in [-0.2, 0) is 4.79 Å². The minimum Gasteiger partial charge on any atom is -0.477 e. The highest BCUT2D eigenvalue weighted by Crippen LogP contribution is 2.41. The molecule has 5 heteroatoms. The number of hydrogen-bond acceptors (Lipinski definition) is 4. The van der Waals surface area contributed by atoms with Crippen LogP contribution in [0.3, 0.4) is 0 Å². The lowest BCUT2D eigenvalue weighted by molar-refractivity contribution is -0.132. The molecule has 1 aromatic rings. The van der Waals surface area contributed by atoms with E-state index in [2.05, 4.69) is 0 Å². The maximum absolute atomic E-state index is 11.4. The van der Waals surface area contributed by atoms with E-state index in [0.29, 0.717) is 18.1 Å². The maximum atomic E-state index is 11.4. The van der Waals surface area contributed by atoms with Crippen LogP contribution in [0.25, 0.3) is 0 Å². The molecule has 0 spiro atoms. The standard InChI is InChI=1S/C16H20N2O3/c1-2-13(18)15(16(19)20)14(9-17)21-12-5-3-4-11(8-12)10-6-7-10/h3-5,8-10H,2,6-7,17-18H2,1H3,(H,19,20)/b14-9+,15-13+. The molecule has 1 aliphatic rings. The quantitative estimate of drug-likeness (QED) is 0.424. The minimum absolute atomic E-state index is 0.0646. The van der Waals surface area contributed by atoms with Crippen LogP contribution >= 0.6 is 0 Å². The third-order valence-corrected chi connectivity index (χ3v) is 3.45. The van der Waals surface area contributed by atoms with Gasteiger partial charge in [0, 0.05) is 11.9 Å². The normalized spacial score (nSPS) is 16.3. The average Bonchev–Trinajstić information content (AvgIpc) is 3.30. The van der Waals surface area contributed by atoms with Crippen LogP contribution in [0.15, 0.2) is 47.5 Å². The van der Waals surface area contributed by atoms with Crippen molar-refractivity contribution >= 4 is 5.97 Å². The number of ether oxygens (including phenoxy) is 1. The summed E-state index contributed by atoms with van der Waals surface area (Å²) in [5.74, 6) is 0.0759. The van der Waals surface area contributed by atoms with Gasteiger partial charge in [0.05, 0.1) is 0 Å². The minimum atomic E-state index is -1.15. The highest BCUT2D eigenvalue weighted by atomic mass is 16.5. The Hall–Kier alpha value is -2.43. The number of rotatable bonds is 6. The molecule has 0 saturated heterocycles. The van der Waals surface area contributed by atoms with E-state index in [1.54, 1.807) is 13.0 Å². The molecule has 0 radical (unpaired) electrons. The Morgan fingerprint density at radius 3 is 2.71 bits per heavy atom. The van der Waals surface area contributed by atoms with Crippen molar-refractivity contribution in [3.8, 4) is 5.75 Å². The number of benzene rings is 1. The van der Waals surface area contributed by atoms with Crippen LogP contribution in [0, 0.1) is 0 Å². The number of nitrogens with two attached hydrogens (primary N) is 2. The first-order valence-corrected chi connectivity index (χ1v) is 6.98. The molecule has 1 aromatic carbocycles. The van der Waals surface area contributed by atoms with Gasteiger partial charge in [-0.3, -0.25) is 0 Å². The Morgan fingerprint density at radius 1 is 1.48 bits per heavy atom. The predicted octanol–water partition coefficient (Wildman–Crippen LogP) is 2.45. The van der Waals surface area contributed by atoms with E-state index in [1.807, 2.05) is 18.2 Å². The van der Waals surface area contributed by atoms with Crippen molar-refractivity contribution in [1.82, 2.24) is 0 Å². The summed E-state index contributed by atoms with van der Waals surface area (Å²) in [4.78, 5) is 11.4. The van der Waals surface area contributed by atoms with E-state index in [0.717, 1.165) is 6.20 Å². The number of carboxylic acid groups (broad SMARTS) is 1. The van der Waals surface area contributed by atoms with Gasteiger partial charge in [-0.25, -0.2) is 4.79 Å². The number of carboxylic acids is 1. The fourth-order valence-corrected chi connectivity index (χ4v) is 2.12. The molecular weight excluding hydrogens is 268 g/mol. The summed E-state index contributed by atoms with van der Waals surface area (Å²) >= 11 is 0. The largest absolute Gasteiger partial charge is 0.477 e. The average molecular weight is 288 g/mol. The lowest BCUT2D eigenvalue weighted by Crippen LogP contribution is -2.16. The zero-order chi connectivity index (χ0) is 15.4. The van der Waals surface area contributed by atoms with Gasteiger partial charge in [0.1, 0.15) is 11.3 Å². The van der Waals surface area contributed by atoms with Crippen molar-refractivity contribution in [2.75, 3.05) is 0 Å². The highest BCUT2D eigenvalue weighted by molar-refractivity contribution is 5.92. The number of aliphatic carboxylic acids is 1. The van der Waals surface area contributed by atoms with Crippen LogP contribution < -0.4 is 16.2 Å². The third kappa shape index (κ3) is 3.56. The topological polar surface area (TPSA) is 98.6 Å². The summed E-state index contributed by atoms with van der Waals surface area (Å²) in [5, 5.41) is 9.29. The number of allylic oxidation sites excluding steroid dienone is 1. The Morgan fingerprint density at radius 2 is 2.19 bits per heavy atom. The first kappa shape index (κ1) is 15.0. The third-order valence-electron chi connectivity index (χ3n) is 3.45. The van der Waals surface area contributed by atoms with E-state index >= 15 is 0 Å². The molecule has 5 nitrogen and oxygen atoms in total. The first-order chi connectivity index (χ1) is 10.1. The molecule has 1 saturated carbocycles. The van der Waals surface area contributed by atoms with Crippen molar-refractivity contribution in [1.29, 1.82) is 0 Å². The monoisotopic (exact) mass is 288 g/mol. The Balaban J connectivity index is 2.26. The van der Waals surface area contributed by atoms with Gasteiger partial charge in [-0.1, -0.05) is 19.1 Å². The van der Waals surface area contributed by atoms with Gasteiger partial charge in [0.25, 0.3) is 0 Å². The van der Waals surface area contributed by atoms with Crippen LogP contribution in [0.2, 0.25) is 0 Å². The SMILES string of the molecule is CC/C(N)=C(C(=O)O)/C(=C\N)Oc1cccc(C2CC2)c1. The van der Waals surface area contributed by atoms with Crippen molar-refractivity contribution in [3.05, 3.63) is 53.1 Å². The molecule has 0 bridgehead atoms. The summed E-state index contributed by atoms with van der Waals surface area (Å²) < 4.78 is 5.65. The molecule has 1 aliphatic carbocycles. The first-order valence-electron chi connectivity index (χ1n) is 6.98. The molecular formula is C16H20N2O3. The predicted molar refractivity (Wildman–Crippen MR) is 80.5 cm³/mol. The molecule has 0 atom stereocenters. The van der Waals surface area contributed by atoms with Gasteiger partial charge in [0.2, 0.25) is 0 Å². The highest BCUT2D eigenvalue weighted by Gasteiger charge is 2.24. The summed E-state index contributed by atoms with van der Waals surface area (Å²) in [6.07, 6.45) is 3.92. The molecule has 21 heavy (non-hydrogen) atoms. The number of hydrogen-bond donors (Lipinski definition) is 3. The van der Waals surface area contributed by atoms with Gasteiger partial charge >= 0.3 is 5.97 Å². The second-order valence-corrected chi connectivity index (χ2v) is 5.04. The Labute approximate surface area is 123 Å². The summed E-state index contributed by atoms with van der Waals surface area (Å²) in [6, 6.07) is 7.63. The van der Waals surface area contributed by atoms with Crippen molar-refractivity contribution in [2.45, 2.75) is 32.1 Å². The molecule has 0 amide bonds. The van der Waals surface area contributed by atoms with E-state index in [1.165, 1.54) is 18.4 Å². The fraction of sp³-hybridized carbons (Fsp3) is 0.312. The molecule has 112 valence electrons. The molecule has 0 heterocycles. The van der Waals surface area contributed by atoms with Crippen LogP contribution in [-0.4, -0.2) is 11.1 Å². The molecule has 0 aromatic heterocycles. The van der Waals surface area contributed by atoms with Crippen LogP contribution in [0.4, 0.5) is 0 Å². The fourth-order valence-electron chi connectivity index (χ4n) is 2.12. The zero-order valence-corrected chi connectivity index (χ0v) is 12.0. The Kier molecular flexibility index (Phi) is 4.52. The van der Waals surface area contributed by atoms with E-state index < -0.39 is 5.97 Å². The maximum Gasteiger partial charge on any atom is 0.341 e.